The monoisotopic (exact) mass is 249 g/mol. The first-order valence-corrected chi connectivity index (χ1v) is 6.00. The second-order valence-electron chi connectivity index (χ2n) is 4.54. The minimum absolute atomic E-state index is 0.221. The van der Waals surface area contributed by atoms with E-state index in [2.05, 4.69) is 4.90 Å². The third-order valence-corrected chi connectivity index (χ3v) is 3.41. The van der Waals surface area contributed by atoms with Gasteiger partial charge in [0.05, 0.1) is 7.11 Å². The highest BCUT2D eigenvalue weighted by molar-refractivity contribution is 5.81. The lowest BCUT2D eigenvalue weighted by atomic mass is 10.1. The van der Waals surface area contributed by atoms with Gasteiger partial charge in [0.25, 0.3) is 0 Å². The molecule has 0 saturated carbocycles. The maximum atomic E-state index is 11.4. The van der Waals surface area contributed by atoms with Crippen LogP contribution in [0, 0.1) is 0 Å². The Labute approximate surface area is 107 Å². The molecule has 1 saturated heterocycles. The molecule has 1 amide bonds. The number of methoxy groups -OCH3 is 1. The molecule has 1 atom stereocenters. The van der Waals surface area contributed by atoms with Gasteiger partial charge in [-0.3, -0.25) is 9.69 Å². The Bertz CT molecular complexity index is 419. The molecular formula is C13H19N3O2. The van der Waals surface area contributed by atoms with Crippen LogP contribution >= 0.6 is 0 Å². The Morgan fingerprint density at radius 2 is 2.00 bits per heavy atom. The second kappa shape index (κ2) is 5.27. The fourth-order valence-electron chi connectivity index (χ4n) is 2.21. The number of carbonyl (C=O) groups is 1. The van der Waals surface area contributed by atoms with Crippen molar-refractivity contribution in [3.63, 3.8) is 0 Å². The van der Waals surface area contributed by atoms with Gasteiger partial charge in [-0.1, -0.05) is 0 Å². The van der Waals surface area contributed by atoms with Crippen LogP contribution in [0.25, 0.3) is 0 Å². The molecule has 5 nitrogen and oxygen atoms in total. The smallest absolute Gasteiger partial charge is 0.236 e. The molecule has 2 rings (SSSR count). The van der Waals surface area contributed by atoms with Gasteiger partial charge in [-0.2, -0.15) is 0 Å². The maximum absolute atomic E-state index is 11.4. The number of hydrogen-bond donors (Lipinski definition) is 1. The first-order chi connectivity index (χ1) is 8.61. The zero-order chi connectivity index (χ0) is 13.1. The fourth-order valence-corrected chi connectivity index (χ4v) is 2.21. The van der Waals surface area contributed by atoms with Crippen molar-refractivity contribution in [1.82, 2.24) is 4.90 Å². The summed E-state index contributed by atoms with van der Waals surface area (Å²) in [5, 5.41) is 0. The maximum Gasteiger partial charge on any atom is 0.236 e. The largest absolute Gasteiger partial charge is 0.497 e. The van der Waals surface area contributed by atoms with Crippen molar-refractivity contribution < 1.29 is 9.53 Å². The fraction of sp³-hybridized carbons (Fsp3) is 0.462. The van der Waals surface area contributed by atoms with Crippen molar-refractivity contribution >= 4 is 11.6 Å². The van der Waals surface area contributed by atoms with Gasteiger partial charge in [0.2, 0.25) is 5.91 Å². The van der Waals surface area contributed by atoms with Crippen LogP contribution in [0.4, 0.5) is 5.69 Å². The number of nitrogens with two attached hydrogens (primary N) is 1. The van der Waals surface area contributed by atoms with E-state index in [9.17, 15) is 4.79 Å². The number of hydrogen-bond acceptors (Lipinski definition) is 4. The molecule has 0 bridgehead atoms. The number of benzene rings is 1. The molecule has 1 unspecified atom stereocenters. The number of nitrogens with zero attached hydrogens (tertiary/aromatic N) is 2. The molecule has 1 aromatic carbocycles. The van der Waals surface area contributed by atoms with E-state index in [0.717, 1.165) is 24.5 Å². The number of ether oxygens (including phenoxy) is 1. The quantitative estimate of drug-likeness (QED) is 0.837. The number of anilines is 1. The summed E-state index contributed by atoms with van der Waals surface area (Å²) >= 11 is 0. The molecule has 1 heterocycles. The highest BCUT2D eigenvalue weighted by Crippen LogP contribution is 2.21. The van der Waals surface area contributed by atoms with Crippen LogP contribution < -0.4 is 15.4 Å². The van der Waals surface area contributed by atoms with Gasteiger partial charge >= 0.3 is 0 Å². The lowest BCUT2D eigenvalue weighted by Crippen LogP contribution is -2.56. The number of amides is 1. The summed E-state index contributed by atoms with van der Waals surface area (Å²) in [5.74, 6) is 0.565. The highest BCUT2D eigenvalue weighted by atomic mass is 16.5. The third kappa shape index (κ3) is 2.56. The van der Waals surface area contributed by atoms with Crippen LogP contribution in [0.1, 0.15) is 0 Å². The molecule has 1 fully saturated rings. The normalized spacial score (nSPS) is 20.8. The Balaban J connectivity index is 2.11. The van der Waals surface area contributed by atoms with E-state index in [0.29, 0.717) is 6.54 Å². The van der Waals surface area contributed by atoms with E-state index in [-0.39, 0.29) is 11.9 Å². The number of likely N-dealkylation sites (N-methyl/N-ethyl adjacent to an activating group) is 1. The molecule has 1 aliphatic heterocycles. The molecule has 5 heteroatoms. The molecule has 18 heavy (non-hydrogen) atoms. The molecule has 0 aliphatic carbocycles. The summed E-state index contributed by atoms with van der Waals surface area (Å²) in [7, 11) is 3.58. The van der Waals surface area contributed by atoms with E-state index < -0.39 is 0 Å². The summed E-state index contributed by atoms with van der Waals surface area (Å²) in [6.07, 6.45) is 0. The topological polar surface area (TPSA) is 58.8 Å². The van der Waals surface area contributed by atoms with Crippen molar-refractivity contribution in [2.45, 2.75) is 6.04 Å². The molecule has 98 valence electrons. The molecule has 1 aromatic rings. The van der Waals surface area contributed by atoms with Crippen molar-refractivity contribution in [2.24, 2.45) is 5.73 Å². The van der Waals surface area contributed by atoms with Crippen LogP contribution in [-0.2, 0) is 4.79 Å². The first kappa shape index (κ1) is 12.7. The zero-order valence-electron chi connectivity index (χ0n) is 10.8. The van der Waals surface area contributed by atoms with Crippen molar-refractivity contribution in [1.29, 1.82) is 0 Å². The van der Waals surface area contributed by atoms with E-state index in [1.165, 1.54) is 0 Å². The average Bonchev–Trinajstić information content (AvgIpc) is 2.39. The number of primary amides is 1. The molecule has 0 aromatic heterocycles. The first-order valence-electron chi connectivity index (χ1n) is 6.00. The molecule has 0 radical (unpaired) electrons. The number of carbonyl (C=O) groups excluding carboxylic acids is 1. The van der Waals surface area contributed by atoms with E-state index in [1.54, 1.807) is 7.11 Å². The van der Waals surface area contributed by atoms with E-state index >= 15 is 0 Å². The lowest BCUT2D eigenvalue weighted by molar-refractivity contribution is -0.122. The predicted molar refractivity (Wildman–Crippen MR) is 70.8 cm³/mol. The number of rotatable bonds is 3. The van der Waals surface area contributed by atoms with Crippen molar-refractivity contribution in [3.05, 3.63) is 24.3 Å². The van der Waals surface area contributed by atoms with Crippen LogP contribution in [0.2, 0.25) is 0 Å². The summed E-state index contributed by atoms with van der Waals surface area (Å²) in [6, 6.07) is 7.63. The second-order valence-corrected chi connectivity index (χ2v) is 4.54. The minimum Gasteiger partial charge on any atom is -0.497 e. The Morgan fingerprint density at radius 3 is 2.56 bits per heavy atom. The van der Waals surface area contributed by atoms with Gasteiger partial charge in [0.1, 0.15) is 11.8 Å². The summed E-state index contributed by atoms with van der Waals surface area (Å²) in [5.41, 5.74) is 6.51. The van der Waals surface area contributed by atoms with Crippen molar-refractivity contribution in [3.8, 4) is 5.75 Å². The minimum atomic E-state index is -0.268. The average molecular weight is 249 g/mol. The SMILES string of the molecule is COc1ccc(N2CCN(C)C(C(N)=O)C2)cc1. The van der Waals surface area contributed by atoms with Gasteiger partial charge in [-0.25, -0.2) is 0 Å². The Morgan fingerprint density at radius 1 is 1.33 bits per heavy atom. The van der Waals surface area contributed by atoms with E-state index in [1.807, 2.05) is 36.2 Å². The van der Waals surface area contributed by atoms with Crippen LogP contribution in [0.3, 0.4) is 0 Å². The van der Waals surface area contributed by atoms with Gasteiger partial charge in [0, 0.05) is 25.3 Å². The van der Waals surface area contributed by atoms with Gasteiger partial charge in [-0.05, 0) is 31.3 Å². The van der Waals surface area contributed by atoms with Gasteiger partial charge in [0.15, 0.2) is 0 Å². The molecule has 2 N–H and O–H groups in total. The lowest BCUT2D eigenvalue weighted by Gasteiger charge is -2.39. The Hall–Kier alpha value is -1.75. The van der Waals surface area contributed by atoms with Crippen LogP contribution in [-0.4, -0.2) is 50.6 Å². The summed E-state index contributed by atoms with van der Waals surface area (Å²) < 4.78 is 5.13. The van der Waals surface area contributed by atoms with E-state index in [4.69, 9.17) is 10.5 Å². The van der Waals surface area contributed by atoms with Gasteiger partial charge in [-0.15, -0.1) is 0 Å². The summed E-state index contributed by atoms with van der Waals surface area (Å²) in [6.45, 7) is 2.37. The molecular weight excluding hydrogens is 230 g/mol. The number of piperazine rings is 1. The highest BCUT2D eigenvalue weighted by Gasteiger charge is 2.28. The van der Waals surface area contributed by atoms with Crippen LogP contribution in [0.15, 0.2) is 24.3 Å². The molecule has 1 aliphatic rings. The van der Waals surface area contributed by atoms with Crippen molar-refractivity contribution in [2.75, 3.05) is 38.7 Å². The predicted octanol–water partition coefficient (Wildman–Crippen LogP) is 0.301. The zero-order valence-corrected chi connectivity index (χ0v) is 10.8. The Kier molecular flexibility index (Phi) is 3.72. The third-order valence-electron chi connectivity index (χ3n) is 3.41. The molecule has 0 spiro atoms. The summed E-state index contributed by atoms with van der Waals surface area (Å²) in [4.78, 5) is 15.6. The van der Waals surface area contributed by atoms with Crippen LogP contribution in [0.5, 0.6) is 5.75 Å². The standard InChI is InChI=1S/C13H19N3O2/c1-15-7-8-16(9-12(15)13(14)17)10-3-5-11(18-2)6-4-10/h3-6,12H,7-9H2,1-2H3,(H2,14,17). The van der Waals surface area contributed by atoms with Gasteiger partial charge < -0.3 is 15.4 Å².